The Kier molecular flexibility index (Phi) is 6.91. The van der Waals surface area contributed by atoms with Gasteiger partial charge < -0.3 is 14.2 Å². The van der Waals surface area contributed by atoms with Crippen molar-refractivity contribution < 1.29 is 19.0 Å². The Bertz CT molecular complexity index is 1540. The number of aromatic nitrogens is 1. The Hall–Kier alpha value is -3.81. The summed E-state index contributed by atoms with van der Waals surface area (Å²) in [6.45, 7) is 0. The summed E-state index contributed by atoms with van der Waals surface area (Å²) in [4.78, 5) is 18.3. The molecule has 0 saturated heterocycles. The number of nitrogens with zero attached hydrogens (tertiary/aromatic N) is 3. The summed E-state index contributed by atoms with van der Waals surface area (Å²) in [6.07, 6.45) is 0.411. The van der Waals surface area contributed by atoms with E-state index >= 15 is 0 Å². The largest absolute Gasteiger partial charge is 0.497 e. The molecule has 7 nitrogen and oxygen atoms in total. The van der Waals surface area contributed by atoms with E-state index in [1.807, 2.05) is 42.5 Å². The number of hydrogen-bond donors (Lipinski definition) is 0. The summed E-state index contributed by atoms with van der Waals surface area (Å²) in [5, 5.41) is 7.68. The minimum atomic E-state index is -0.502. The maximum atomic E-state index is 13.7. The average molecular weight is 536 g/mol. The number of amides is 1. The molecule has 1 aliphatic rings. The lowest BCUT2D eigenvalue weighted by molar-refractivity contribution is 0.0711. The van der Waals surface area contributed by atoms with E-state index in [9.17, 15) is 4.79 Å². The Morgan fingerprint density at radius 2 is 1.70 bits per heavy atom. The first kappa shape index (κ1) is 24.9. The molecule has 5 rings (SSSR count). The fourth-order valence-corrected chi connectivity index (χ4v) is 4.88. The van der Waals surface area contributed by atoms with E-state index in [1.54, 1.807) is 45.6 Å². The van der Waals surface area contributed by atoms with Gasteiger partial charge in [0.05, 0.1) is 49.2 Å². The normalized spacial score (nSPS) is 15.0. The van der Waals surface area contributed by atoms with Crippen LogP contribution in [0.3, 0.4) is 0 Å². The van der Waals surface area contributed by atoms with Gasteiger partial charge in [-0.3, -0.25) is 4.79 Å². The van der Waals surface area contributed by atoms with E-state index in [2.05, 4.69) is 4.98 Å². The van der Waals surface area contributed by atoms with Crippen LogP contribution in [0, 0.1) is 0 Å². The van der Waals surface area contributed by atoms with E-state index in [4.69, 9.17) is 42.5 Å². The van der Waals surface area contributed by atoms with Crippen molar-refractivity contribution in [3.63, 3.8) is 0 Å². The van der Waals surface area contributed by atoms with Crippen LogP contribution < -0.4 is 14.2 Å². The first-order valence-corrected chi connectivity index (χ1v) is 12.2. The number of pyridine rings is 1. The number of rotatable bonds is 6. The summed E-state index contributed by atoms with van der Waals surface area (Å²) in [5.74, 6) is 1.51. The third kappa shape index (κ3) is 4.68. The fourth-order valence-electron chi connectivity index (χ4n) is 4.39. The molecule has 0 N–H and O–H groups in total. The highest BCUT2D eigenvalue weighted by atomic mass is 35.5. The Labute approximate surface area is 224 Å². The zero-order valence-electron chi connectivity index (χ0n) is 20.4. The number of ether oxygens (including phenoxy) is 3. The van der Waals surface area contributed by atoms with E-state index < -0.39 is 6.04 Å². The van der Waals surface area contributed by atoms with Crippen LogP contribution in [0.2, 0.25) is 10.2 Å². The molecule has 0 radical (unpaired) electrons. The van der Waals surface area contributed by atoms with Crippen molar-refractivity contribution in [3.05, 3.63) is 93.6 Å². The standard InChI is InChI=1S/C28H23Cl2N3O4/c1-35-18-10-8-16-12-20(27(30)31-22(16)14-18)24-15-23(17-9-11-25(36-2)26(13-17)37-3)32-33(24)28(34)19-6-4-5-7-21(19)29/h4-14,24H,15H2,1-3H3/t24-/m0/s1. The van der Waals surface area contributed by atoms with Gasteiger partial charge in [0.2, 0.25) is 0 Å². The summed E-state index contributed by atoms with van der Waals surface area (Å²) < 4.78 is 16.2. The van der Waals surface area contributed by atoms with E-state index in [0.717, 1.165) is 10.9 Å². The minimum Gasteiger partial charge on any atom is -0.497 e. The third-order valence-corrected chi connectivity index (χ3v) is 6.94. The number of carbonyl (C=O) groups is 1. The second-order valence-electron chi connectivity index (χ2n) is 8.39. The van der Waals surface area contributed by atoms with Crippen molar-refractivity contribution in [1.82, 2.24) is 9.99 Å². The van der Waals surface area contributed by atoms with Gasteiger partial charge in [0.1, 0.15) is 10.9 Å². The zero-order chi connectivity index (χ0) is 26.1. The fraction of sp³-hybridized carbons (Fsp3) is 0.179. The van der Waals surface area contributed by atoms with Crippen molar-refractivity contribution in [1.29, 1.82) is 0 Å². The molecule has 0 bridgehead atoms. The number of fused-ring (bicyclic) bond motifs is 1. The lowest BCUT2D eigenvalue weighted by atomic mass is 9.97. The van der Waals surface area contributed by atoms with Gasteiger partial charge in [-0.1, -0.05) is 35.3 Å². The van der Waals surface area contributed by atoms with Crippen molar-refractivity contribution in [2.75, 3.05) is 21.3 Å². The van der Waals surface area contributed by atoms with Crippen molar-refractivity contribution >= 4 is 45.7 Å². The van der Waals surface area contributed by atoms with Crippen LogP contribution in [0.1, 0.15) is 33.9 Å². The van der Waals surface area contributed by atoms with Crippen molar-refractivity contribution in [2.45, 2.75) is 12.5 Å². The molecule has 37 heavy (non-hydrogen) atoms. The maximum Gasteiger partial charge on any atom is 0.276 e. The minimum absolute atomic E-state index is 0.284. The van der Waals surface area contributed by atoms with Crippen LogP contribution in [0.5, 0.6) is 17.2 Å². The molecule has 0 aliphatic carbocycles. The van der Waals surface area contributed by atoms with Crippen LogP contribution in [0.25, 0.3) is 10.9 Å². The van der Waals surface area contributed by atoms with Gasteiger partial charge in [0.15, 0.2) is 11.5 Å². The summed E-state index contributed by atoms with van der Waals surface area (Å²) in [6, 6.07) is 19.4. The van der Waals surface area contributed by atoms with Gasteiger partial charge in [-0.15, -0.1) is 0 Å². The van der Waals surface area contributed by atoms with Crippen LogP contribution in [0.15, 0.2) is 71.8 Å². The van der Waals surface area contributed by atoms with Crippen LogP contribution >= 0.6 is 23.2 Å². The number of carbonyl (C=O) groups excluding carboxylic acids is 1. The topological polar surface area (TPSA) is 73.2 Å². The number of halogens is 2. The highest BCUT2D eigenvalue weighted by Crippen LogP contribution is 2.40. The molecule has 9 heteroatoms. The summed E-state index contributed by atoms with van der Waals surface area (Å²) in [7, 11) is 4.75. The predicted molar refractivity (Wildman–Crippen MR) is 144 cm³/mol. The number of hydrazone groups is 1. The number of hydrogen-bond acceptors (Lipinski definition) is 6. The van der Waals surface area contributed by atoms with Gasteiger partial charge in [0.25, 0.3) is 5.91 Å². The molecular weight excluding hydrogens is 513 g/mol. The molecule has 1 aromatic heterocycles. The lowest BCUT2D eigenvalue weighted by Crippen LogP contribution is -2.27. The molecular formula is C28H23Cl2N3O4. The molecule has 1 aliphatic heterocycles. The van der Waals surface area contributed by atoms with Crippen molar-refractivity contribution in [3.8, 4) is 17.2 Å². The van der Waals surface area contributed by atoms with Crippen molar-refractivity contribution in [2.24, 2.45) is 5.10 Å². The van der Waals surface area contributed by atoms with Gasteiger partial charge >= 0.3 is 0 Å². The molecule has 0 fully saturated rings. The van der Waals surface area contributed by atoms with Gasteiger partial charge in [-0.25, -0.2) is 9.99 Å². The first-order valence-electron chi connectivity index (χ1n) is 11.5. The second-order valence-corrected chi connectivity index (χ2v) is 9.16. The van der Waals surface area contributed by atoms with E-state index in [1.165, 1.54) is 5.01 Å². The van der Waals surface area contributed by atoms with Crippen LogP contribution in [-0.2, 0) is 0 Å². The van der Waals surface area contributed by atoms with Gasteiger partial charge in [0, 0.05) is 29.0 Å². The monoisotopic (exact) mass is 535 g/mol. The molecule has 1 amide bonds. The van der Waals surface area contributed by atoms with Gasteiger partial charge in [-0.2, -0.15) is 5.10 Å². The third-order valence-electron chi connectivity index (χ3n) is 6.30. The molecule has 0 unspecified atom stereocenters. The summed E-state index contributed by atoms with van der Waals surface area (Å²) in [5.41, 5.74) is 3.21. The van der Waals surface area contributed by atoms with Gasteiger partial charge in [-0.05, 0) is 48.5 Å². The number of methoxy groups -OCH3 is 3. The molecule has 0 spiro atoms. The predicted octanol–water partition coefficient (Wildman–Crippen LogP) is 6.56. The second kappa shape index (κ2) is 10.3. The zero-order valence-corrected chi connectivity index (χ0v) is 21.9. The maximum absolute atomic E-state index is 13.7. The smallest absolute Gasteiger partial charge is 0.276 e. The molecule has 3 aromatic carbocycles. The molecule has 1 atom stereocenters. The van der Waals surface area contributed by atoms with Crippen LogP contribution in [0.4, 0.5) is 0 Å². The Morgan fingerprint density at radius 1 is 0.919 bits per heavy atom. The molecule has 2 heterocycles. The lowest BCUT2D eigenvalue weighted by Gasteiger charge is -2.23. The average Bonchev–Trinajstić information content (AvgIpc) is 3.37. The summed E-state index contributed by atoms with van der Waals surface area (Å²) >= 11 is 13.1. The molecule has 0 saturated carbocycles. The van der Waals surface area contributed by atoms with E-state index in [-0.39, 0.29) is 11.1 Å². The first-order chi connectivity index (χ1) is 17.9. The highest BCUT2D eigenvalue weighted by Gasteiger charge is 2.36. The Morgan fingerprint density at radius 3 is 2.43 bits per heavy atom. The Balaban J connectivity index is 1.61. The molecule has 188 valence electrons. The quantitative estimate of drug-likeness (QED) is 0.261. The highest BCUT2D eigenvalue weighted by molar-refractivity contribution is 6.34. The SMILES string of the molecule is COc1ccc2cc([C@@H]3CC(c4ccc(OC)c(OC)c4)=NN3C(=O)c3ccccc3Cl)c(Cl)nc2c1. The van der Waals surface area contributed by atoms with E-state index in [0.29, 0.717) is 51.0 Å². The number of benzene rings is 3. The van der Waals surface area contributed by atoms with Crippen LogP contribution in [-0.4, -0.2) is 42.9 Å². The molecule has 4 aromatic rings.